The van der Waals surface area contributed by atoms with Gasteiger partial charge in [0.05, 0.1) is 0 Å². The third-order valence-corrected chi connectivity index (χ3v) is 5.21. The van der Waals surface area contributed by atoms with Crippen molar-refractivity contribution in [3.63, 3.8) is 0 Å². The molecular formula is C15H26N2O. The molecule has 0 aromatic rings. The minimum Gasteiger partial charge on any atom is -0.337 e. The fourth-order valence-electron chi connectivity index (χ4n) is 4.15. The second-order valence-electron chi connectivity index (χ2n) is 6.35. The molecule has 102 valence electrons. The molecule has 0 radical (unpaired) electrons. The number of amides is 1. The molecule has 3 heteroatoms. The smallest absolute Gasteiger partial charge is 0.223 e. The summed E-state index contributed by atoms with van der Waals surface area (Å²) in [4.78, 5) is 14.7. The molecule has 3 aliphatic heterocycles. The number of hydrogen-bond acceptors (Lipinski definition) is 2. The molecule has 0 saturated carbocycles. The van der Waals surface area contributed by atoms with Crippen molar-refractivity contribution in [2.24, 2.45) is 5.92 Å². The van der Waals surface area contributed by atoms with Gasteiger partial charge in [0.1, 0.15) is 0 Å². The van der Waals surface area contributed by atoms with Gasteiger partial charge in [-0.2, -0.15) is 0 Å². The van der Waals surface area contributed by atoms with E-state index in [-0.39, 0.29) is 0 Å². The predicted molar refractivity (Wildman–Crippen MR) is 72.3 cm³/mol. The first-order valence-electron chi connectivity index (χ1n) is 7.86. The summed E-state index contributed by atoms with van der Waals surface area (Å²) < 4.78 is 0. The van der Waals surface area contributed by atoms with Gasteiger partial charge in [0.25, 0.3) is 0 Å². The summed E-state index contributed by atoms with van der Waals surface area (Å²) in [5, 5.41) is 3.39. The second kappa shape index (κ2) is 5.60. The van der Waals surface area contributed by atoms with Gasteiger partial charge in [0.2, 0.25) is 5.91 Å². The Kier molecular flexibility index (Phi) is 3.88. The highest BCUT2D eigenvalue weighted by Gasteiger charge is 2.39. The zero-order chi connectivity index (χ0) is 12.4. The van der Waals surface area contributed by atoms with Crippen molar-refractivity contribution in [1.82, 2.24) is 10.2 Å². The normalized spacial score (nSPS) is 32.8. The Morgan fingerprint density at radius 2 is 1.67 bits per heavy atom. The van der Waals surface area contributed by atoms with Crippen molar-refractivity contribution < 1.29 is 4.79 Å². The van der Waals surface area contributed by atoms with Gasteiger partial charge in [-0.3, -0.25) is 4.79 Å². The predicted octanol–water partition coefficient (Wildman–Crippen LogP) is 2.31. The topological polar surface area (TPSA) is 32.3 Å². The third-order valence-electron chi connectivity index (χ3n) is 5.21. The molecule has 3 heterocycles. The van der Waals surface area contributed by atoms with E-state index in [1.54, 1.807) is 0 Å². The lowest BCUT2D eigenvalue weighted by molar-refractivity contribution is -0.135. The summed E-state index contributed by atoms with van der Waals surface area (Å²) in [5.41, 5.74) is 0. The highest BCUT2D eigenvalue weighted by molar-refractivity contribution is 5.77. The van der Waals surface area contributed by atoms with Crippen molar-refractivity contribution in [2.45, 2.75) is 69.9 Å². The van der Waals surface area contributed by atoms with Gasteiger partial charge in [-0.15, -0.1) is 0 Å². The summed E-state index contributed by atoms with van der Waals surface area (Å²) >= 11 is 0. The van der Waals surface area contributed by atoms with Gasteiger partial charge in [-0.05, 0) is 70.4 Å². The number of nitrogens with one attached hydrogen (secondary N) is 1. The van der Waals surface area contributed by atoms with Gasteiger partial charge < -0.3 is 10.2 Å². The van der Waals surface area contributed by atoms with E-state index in [4.69, 9.17) is 0 Å². The molecule has 1 amide bonds. The molecule has 3 fully saturated rings. The van der Waals surface area contributed by atoms with Crippen molar-refractivity contribution >= 4 is 5.91 Å². The van der Waals surface area contributed by atoms with Crippen LogP contribution in [0.5, 0.6) is 0 Å². The number of nitrogens with zero attached hydrogens (tertiary/aromatic N) is 1. The molecule has 3 aliphatic rings. The highest BCUT2D eigenvalue weighted by Crippen LogP contribution is 2.36. The number of piperidine rings is 2. The van der Waals surface area contributed by atoms with Crippen LogP contribution in [0, 0.1) is 5.92 Å². The number of carbonyl (C=O) groups is 1. The van der Waals surface area contributed by atoms with Gasteiger partial charge in [0, 0.05) is 18.5 Å². The lowest BCUT2D eigenvalue weighted by atomic mass is 9.92. The Labute approximate surface area is 110 Å². The Morgan fingerprint density at radius 1 is 1.00 bits per heavy atom. The van der Waals surface area contributed by atoms with Crippen LogP contribution in [0.15, 0.2) is 0 Å². The van der Waals surface area contributed by atoms with Crippen LogP contribution in [0.1, 0.15) is 57.8 Å². The molecule has 3 nitrogen and oxygen atoms in total. The molecule has 2 atom stereocenters. The SMILES string of the molecule is O=C(CCC1CCNCC1)N1C2CCCC1CC2. The van der Waals surface area contributed by atoms with Crippen LogP contribution < -0.4 is 5.32 Å². The van der Waals surface area contributed by atoms with E-state index in [0.29, 0.717) is 18.0 Å². The minimum absolute atomic E-state index is 0.459. The second-order valence-corrected chi connectivity index (χ2v) is 6.35. The van der Waals surface area contributed by atoms with Crippen LogP contribution in [0.2, 0.25) is 0 Å². The van der Waals surface area contributed by atoms with Crippen LogP contribution in [0.3, 0.4) is 0 Å². The van der Waals surface area contributed by atoms with Gasteiger partial charge in [-0.1, -0.05) is 0 Å². The first-order valence-corrected chi connectivity index (χ1v) is 7.86. The average Bonchev–Trinajstić information content (AvgIpc) is 2.67. The molecule has 2 bridgehead atoms. The minimum atomic E-state index is 0.459. The summed E-state index contributed by atoms with van der Waals surface area (Å²) in [7, 11) is 0. The molecule has 3 rings (SSSR count). The van der Waals surface area contributed by atoms with E-state index in [1.165, 1.54) is 44.9 Å². The maximum absolute atomic E-state index is 12.4. The summed E-state index contributed by atoms with van der Waals surface area (Å²) in [6.07, 6.45) is 10.8. The van der Waals surface area contributed by atoms with Crippen molar-refractivity contribution in [3.05, 3.63) is 0 Å². The average molecular weight is 250 g/mol. The Hall–Kier alpha value is -0.570. The van der Waals surface area contributed by atoms with E-state index >= 15 is 0 Å². The monoisotopic (exact) mass is 250 g/mol. The van der Waals surface area contributed by atoms with Crippen molar-refractivity contribution in [2.75, 3.05) is 13.1 Å². The third kappa shape index (κ3) is 2.56. The maximum Gasteiger partial charge on any atom is 0.223 e. The summed E-state index contributed by atoms with van der Waals surface area (Å²) in [6.45, 7) is 2.29. The number of fused-ring (bicyclic) bond motifs is 2. The number of carbonyl (C=O) groups excluding carboxylic acids is 1. The van der Waals surface area contributed by atoms with E-state index in [1.807, 2.05) is 0 Å². The molecule has 0 aliphatic carbocycles. The standard InChI is InChI=1S/C15H26N2O/c18-15(7-4-12-8-10-16-11-9-12)17-13-2-1-3-14(17)6-5-13/h12-14,16H,1-11H2. The summed E-state index contributed by atoms with van der Waals surface area (Å²) in [6, 6.07) is 1.20. The van der Waals surface area contributed by atoms with E-state index in [0.717, 1.165) is 31.8 Å². The molecule has 0 aromatic carbocycles. The van der Waals surface area contributed by atoms with Crippen LogP contribution in [0.4, 0.5) is 0 Å². The lowest BCUT2D eigenvalue weighted by Gasteiger charge is -2.35. The van der Waals surface area contributed by atoms with Gasteiger partial charge in [-0.25, -0.2) is 0 Å². The Morgan fingerprint density at radius 3 is 2.33 bits per heavy atom. The van der Waals surface area contributed by atoms with E-state index < -0.39 is 0 Å². The van der Waals surface area contributed by atoms with E-state index in [9.17, 15) is 4.79 Å². The fraction of sp³-hybridized carbons (Fsp3) is 0.933. The quantitative estimate of drug-likeness (QED) is 0.833. The number of rotatable bonds is 3. The molecular weight excluding hydrogens is 224 g/mol. The zero-order valence-corrected chi connectivity index (χ0v) is 11.4. The first-order chi connectivity index (χ1) is 8.84. The molecule has 0 aromatic heterocycles. The number of hydrogen-bond donors (Lipinski definition) is 1. The first kappa shape index (κ1) is 12.5. The zero-order valence-electron chi connectivity index (χ0n) is 11.4. The molecule has 18 heavy (non-hydrogen) atoms. The fourth-order valence-corrected chi connectivity index (χ4v) is 4.15. The largest absolute Gasteiger partial charge is 0.337 e. The van der Waals surface area contributed by atoms with Crippen LogP contribution in [-0.4, -0.2) is 36.0 Å². The summed E-state index contributed by atoms with van der Waals surface area (Å²) in [5.74, 6) is 1.25. The molecule has 1 N–H and O–H groups in total. The van der Waals surface area contributed by atoms with Crippen LogP contribution >= 0.6 is 0 Å². The van der Waals surface area contributed by atoms with Gasteiger partial charge >= 0.3 is 0 Å². The molecule has 2 unspecified atom stereocenters. The van der Waals surface area contributed by atoms with Crippen molar-refractivity contribution in [3.8, 4) is 0 Å². The van der Waals surface area contributed by atoms with Gasteiger partial charge in [0.15, 0.2) is 0 Å². The van der Waals surface area contributed by atoms with E-state index in [2.05, 4.69) is 10.2 Å². The Balaban J connectivity index is 1.49. The maximum atomic E-state index is 12.4. The van der Waals surface area contributed by atoms with Crippen LogP contribution in [0.25, 0.3) is 0 Å². The molecule has 3 saturated heterocycles. The van der Waals surface area contributed by atoms with Crippen LogP contribution in [-0.2, 0) is 4.79 Å². The Bertz CT molecular complexity index is 283. The van der Waals surface area contributed by atoms with Crippen molar-refractivity contribution in [1.29, 1.82) is 0 Å². The molecule has 0 spiro atoms. The highest BCUT2D eigenvalue weighted by atomic mass is 16.2. The lowest BCUT2D eigenvalue weighted by Crippen LogP contribution is -2.44.